The standard InChI is InChI=1S/C10H17N3O4S/c1-7-6-18(16,17)3-2-13(7)10(15)8-4-12-9(14)5-11-8/h7-8,11H,2-6H2,1H3,(H,12,14). The predicted octanol–water partition coefficient (Wildman–Crippen LogP) is -2.28. The van der Waals surface area contributed by atoms with Crippen molar-refractivity contribution in [2.45, 2.75) is 19.0 Å². The second-order valence-electron chi connectivity index (χ2n) is 4.73. The van der Waals surface area contributed by atoms with Crippen molar-refractivity contribution in [1.29, 1.82) is 0 Å². The quantitative estimate of drug-likeness (QED) is 0.562. The number of hydrogen-bond donors (Lipinski definition) is 2. The Hall–Kier alpha value is -1.15. The van der Waals surface area contributed by atoms with E-state index in [1.807, 2.05) is 0 Å². The van der Waals surface area contributed by atoms with Gasteiger partial charge >= 0.3 is 0 Å². The van der Waals surface area contributed by atoms with Crippen molar-refractivity contribution >= 4 is 21.7 Å². The average Bonchev–Trinajstić information content (AvgIpc) is 2.28. The zero-order valence-electron chi connectivity index (χ0n) is 10.2. The molecule has 2 atom stereocenters. The summed E-state index contributed by atoms with van der Waals surface area (Å²) in [6, 6.07) is -0.762. The molecule has 0 aliphatic carbocycles. The third-order valence-corrected chi connectivity index (χ3v) is 5.06. The van der Waals surface area contributed by atoms with Crippen LogP contribution < -0.4 is 10.6 Å². The van der Waals surface area contributed by atoms with Crippen molar-refractivity contribution in [3.05, 3.63) is 0 Å². The van der Waals surface area contributed by atoms with E-state index in [-0.39, 0.29) is 49.0 Å². The van der Waals surface area contributed by atoms with Gasteiger partial charge in [0.2, 0.25) is 11.8 Å². The van der Waals surface area contributed by atoms with Crippen molar-refractivity contribution in [3.8, 4) is 0 Å². The molecule has 2 fully saturated rings. The van der Waals surface area contributed by atoms with E-state index in [0.717, 1.165) is 0 Å². The minimum Gasteiger partial charge on any atom is -0.353 e. The Morgan fingerprint density at radius 3 is 2.72 bits per heavy atom. The molecule has 0 aromatic heterocycles. The van der Waals surface area contributed by atoms with Gasteiger partial charge in [-0.05, 0) is 6.92 Å². The number of carbonyl (C=O) groups is 2. The molecule has 0 aromatic carbocycles. The van der Waals surface area contributed by atoms with Gasteiger partial charge in [-0.25, -0.2) is 8.42 Å². The zero-order valence-corrected chi connectivity index (χ0v) is 11.0. The molecule has 18 heavy (non-hydrogen) atoms. The van der Waals surface area contributed by atoms with Crippen molar-refractivity contribution in [3.63, 3.8) is 0 Å². The number of amides is 2. The summed E-state index contributed by atoms with van der Waals surface area (Å²) in [5.74, 6) is -0.245. The van der Waals surface area contributed by atoms with Crippen LogP contribution in [0.5, 0.6) is 0 Å². The van der Waals surface area contributed by atoms with Crippen LogP contribution in [0, 0.1) is 0 Å². The molecule has 2 rings (SSSR count). The van der Waals surface area contributed by atoms with E-state index >= 15 is 0 Å². The van der Waals surface area contributed by atoms with E-state index in [0.29, 0.717) is 0 Å². The van der Waals surface area contributed by atoms with E-state index in [4.69, 9.17) is 0 Å². The van der Waals surface area contributed by atoms with Gasteiger partial charge in [0.1, 0.15) is 6.04 Å². The molecular weight excluding hydrogens is 258 g/mol. The van der Waals surface area contributed by atoms with Gasteiger partial charge in [0.25, 0.3) is 0 Å². The molecule has 2 unspecified atom stereocenters. The fourth-order valence-electron chi connectivity index (χ4n) is 2.27. The minimum atomic E-state index is -3.02. The molecule has 2 aliphatic heterocycles. The molecule has 8 heteroatoms. The van der Waals surface area contributed by atoms with Crippen LogP contribution in [0.4, 0.5) is 0 Å². The number of nitrogens with zero attached hydrogens (tertiary/aromatic N) is 1. The number of nitrogens with one attached hydrogen (secondary N) is 2. The summed E-state index contributed by atoms with van der Waals surface area (Å²) in [7, 11) is -3.02. The van der Waals surface area contributed by atoms with Crippen molar-refractivity contribution in [2.24, 2.45) is 0 Å². The third kappa shape index (κ3) is 2.81. The van der Waals surface area contributed by atoms with Crippen LogP contribution in [-0.2, 0) is 19.4 Å². The second-order valence-corrected chi connectivity index (χ2v) is 6.96. The first-order valence-electron chi connectivity index (χ1n) is 5.90. The molecule has 0 aromatic rings. The highest BCUT2D eigenvalue weighted by atomic mass is 32.2. The highest BCUT2D eigenvalue weighted by Gasteiger charge is 2.35. The Morgan fingerprint density at radius 2 is 2.17 bits per heavy atom. The van der Waals surface area contributed by atoms with Gasteiger partial charge in [-0.1, -0.05) is 0 Å². The van der Waals surface area contributed by atoms with E-state index < -0.39 is 15.9 Å². The van der Waals surface area contributed by atoms with Gasteiger partial charge in [0, 0.05) is 19.1 Å². The van der Waals surface area contributed by atoms with Crippen LogP contribution in [0.1, 0.15) is 6.92 Å². The summed E-state index contributed by atoms with van der Waals surface area (Å²) in [5, 5.41) is 5.47. The SMILES string of the molecule is CC1CS(=O)(=O)CCN1C(=O)C1CNC(=O)CN1. The number of piperazine rings is 1. The Balaban J connectivity index is 1.99. The van der Waals surface area contributed by atoms with Crippen LogP contribution >= 0.6 is 0 Å². The highest BCUT2D eigenvalue weighted by molar-refractivity contribution is 7.91. The molecule has 2 N–H and O–H groups in total. The van der Waals surface area contributed by atoms with Crippen LogP contribution in [0.3, 0.4) is 0 Å². The molecule has 0 saturated carbocycles. The molecule has 0 spiro atoms. The van der Waals surface area contributed by atoms with E-state index in [9.17, 15) is 18.0 Å². The first-order chi connectivity index (χ1) is 8.39. The molecule has 2 saturated heterocycles. The Morgan fingerprint density at radius 1 is 1.44 bits per heavy atom. The number of rotatable bonds is 1. The Labute approximate surface area is 106 Å². The zero-order chi connectivity index (χ0) is 13.3. The van der Waals surface area contributed by atoms with Gasteiger partial charge in [-0.3, -0.25) is 14.9 Å². The average molecular weight is 275 g/mol. The summed E-state index contributed by atoms with van der Waals surface area (Å²) in [6.45, 7) is 2.34. The van der Waals surface area contributed by atoms with Crippen LogP contribution in [-0.4, -0.2) is 68.4 Å². The lowest BCUT2D eigenvalue weighted by Gasteiger charge is -2.36. The summed E-state index contributed by atoms with van der Waals surface area (Å²) in [6.07, 6.45) is 0. The molecule has 102 valence electrons. The van der Waals surface area contributed by atoms with Gasteiger partial charge in [0.05, 0.1) is 18.1 Å². The van der Waals surface area contributed by atoms with Crippen LogP contribution in [0.25, 0.3) is 0 Å². The van der Waals surface area contributed by atoms with E-state index in [1.54, 1.807) is 11.8 Å². The molecule has 7 nitrogen and oxygen atoms in total. The normalized spacial score (nSPS) is 31.8. The largest absolute Gasteiger partial charge is 0.353 e. The summed E-state index contributed by atoms with van der Waals surface area (Å²) < 4.78 is 22.9. The summed E-state index contributed by atoms with van der Waals surface area (Å²) in [5.41, 5.74) is 0. The minimum absolute atomic E-state index is 0.0117. The molecular formula is C10H17N3O4S. The number of sulfone groups is 1. The second kappa shape index (κ2) is 4.85. The number of hydrogen-bond acceptors (Lipinski definition) is 5. The van der Waals surface area contributed by atoms with Crippen LogP contribution in [0.15, 0.2) is 0 Å². The molecule has 0 radical (unpaired) electrons. The van der Waals surface area contributed by atoms with Gasteiger partial charge < -0.3 is 10.2 Å². The maximum absolute atomic E-state index is 12.2. The van der Waals surface area contributed by atoms with E-state index in [1.165, 1.54) is 0 Å². The lowest BCUT2D eigenvalue weighted by Crippen LogP contribution is -2.61. The third-order valence-electron chi connectivity index (χ3n) is 3.26. The first-order valence-corrected chi connectivity index (χ1v) is 7.72. The first kappa shape index (κ1) is 13.3. The fourth-order valence-corrected chi connectivity index (χ4v) is 3.82. The van der Waals surface area contributed by atoms with E-state index in [2.05, 4.69) is 10.6 Å². The smallest absolute Gasteiger partial charge is 0.241 e. The van der Waals surface area contributed by atoms with Gasteiger partial charge in [-0.2, -0.15) is 0 Å². The lowest BCUT2D eigenvalue weighted by atomic mass is 10.1. The Bertz CT molecular complexity index is 452. The summed E-state index contributed by atoms with van der Waals surface area (Å²) >= 11 is 0. The highest BCUT2D eigenvalue weighted by Crippen LogP contribution is 2.13. The van der Waals surface area contributed by atoms with Crippen LogP contribution in [0.2, 0.25) is 0 Å². The molecule has 2 amide bonds. The number of carbonyl (C=O) groups excluding carboxylic acids is 2. The monoisotopic (exact) mass is 275 g/mol. The van der Waals surface area contributed by atoms with Crippen molar-refractivity contribution < 1.29 is 18.0 Å². The van der Waals surface area contributed by atoms with Gasteiger partial charge in [0.15, 0.2) is 9.84 Å². The van der Waals surface area contributed by atoms with Crippen molar-refractivity contribution in [2.75, 3.05) is 31.1 Å². The fraction of sp³-hybridized carbons (Fsp3) is 0.800. The van der Waals surface area contributed by atoms with Crippen molar-refractivity contribution in [1.82, 2.24) is 15.5 Å². The van der Waals surface area contributed by atoms with Gasteiger partial charge in [-0.15, -0.1) is 0 Å². The molecule has 2 heterocycles. The maximum atomic E-state index is 12.2. The molecule has 0 bridgehead atoms. The summed E-state index contributed by atoms with van der Waals surface area (Å²) in [4.78, 5) is 24.8. The maximum Gasteiger partial charge on any atom is 0.241 e. The predicted molar refractivity (Wildman–Crippen MR) is 64.6 cm³/mol. The molecule has 2 aliphatic rings. The Kier molecular flexibility index (Phi) is 3.58. The topological polar surface area (TPSA) is 95.6 Å². The lowest BCUT2D eigenvalue weighted by molar-refractivity contribution is -0.136.